The van der Waals surface area contributed by atoms with E-state index in [2.05, 4.69) is 0 Å². The molecule has 0 aliphatic rings. The molecule has 1 rings (SSSR count). The summed E-state index contributed by atoms with van der Waals surface area (Å²) in [6.07, 6.45) is 0. The fourth-order valence-corrected chi connectivity index (χ4v) is 2.25. The number of carboxylic acid groups (broad SMARTS) is 1. The molecule has 0 radical (unpaired) electrons. The predicted octanol–water partition coefficient (Wildman–Crippen LogP) is 2.25. The van der Waals surface area contributed by atoms with Crippen LogP contribution in [0.25, 0.3) is 0 Å². The van der Waals surface area contributed by atoms with Gasteiger partial charge in [0.25, 0.3) is 0 Å². The number of hydrogen-bond donors (Lipinski definition) is 1. The van der Waals surface area contributed by atoms with Crippen molar-refractivity contribution in [1.29, 1.82) is 0 Å². The van der Waals surface area contributed by atoms with Crippen molar-refractivity contribution in [3.63, 3.8) is 0 Å². The number of carboxylic acids is 1. The van der Waals surface area contributed by atoms with Crippen LogP contribution in [0.3, 0.4) is 0 Å². The molecule has 4 nitrogen and oxygen atoms in total. The third-order valence-electron chi connectivity index (χ3n) is 2.93. The van der Waals surface area contributed by atoms with Gasteiger partial charge in [-0.3, -0.25) is 0 Å². The van der Waals surface area contributed by atoms with E-state index in [0.717, 1.165) is 11.4 Å². The van der Waals surface area contributed by atoms with Gasteiger partial charge in [-0.05, 0) is 27.7 Å². The largest absolute Gasteiger partial charge is 0.472 e. The zero-order valence-electron chi connectivity index (χ0n) is 10.9. The van der Waals surface area contributed by atoms with Crippen molar-refractivity contribution in [3.05, 3.63) is 17.2 Å². The van der Waals surface area contributed by atoms with Crippen LogP contribution in [0.1, 0.15) is 61.8 Å². The molecule has 0 amide bonds. The minimum Gasteiger partial charge on any atom is -0.472 e. The monoisotopic (exact) mass is 225 g/mol. The maximum Gasteiger partial charge on any atom is 0.419 e. The first kappa shape index (κ1) is 12.7. The smallest absolute Gasteiger partial charge is 0.419 e. The minimum absolute atomic E-state index is 0.157. The fraction of sp³-hybridized carbons (Fsp3) is 0.667. The second kappa shape index (κ2) is 4.28. The predicted molar refractivity (Wildman–Crippen MR) is 61.8 cm³/mol. The van der Waals surface area contributed by atoms with E-state index in [1.165, 1.54) is 0 Å². The first-order valence-corrected chi connectivity index (χ1v) is 5.65. The van der Waals surface area contributed by atoms with Gasteiger partial charge in [-0.15, -0.1) is 0 Å². The highest BCUT2D eigenvalue weighted by atomic mass is 16.4. The summed E-state index contributed by atoms with van der Waals surface area (Å²) in [5, 5.41) is 9.34. The number of aromatic carboxylic acids is 1. The number of rotatable bonds is 3. The average molecular weight is 225 g/mol. The molecule has 0 aliphatic carbocycles. The molecule has 1 aromatic heterocycles. The van der Waals surface area contributed by atoms with Crippen LogP contribution in [0.5, 0.6) is 0 Å². The SMILES string of the molecule is Cc1c(C)[n+](C(C)C)c(C(=O)O)n1C(C)C. The third kappa shape index (κ3) is 1.84. The van der Waals surface area contributed by atoms with Crippen LogP contribution < -0.4 is 4.57 Å². The Kier molecular flexibility index (Phi) is 3.41. The Morgan fingerprint density at radius 3 is 2.06 bits per heavy atom. The Labute approximate surface area is 96.5 Å². The summed E-state index contributed by atoms with van der Waals surface area (Å²) in [7, 11) is 0. The Bertz CT molecular complexity index is 386. The maximum absolute atomic E-state index is 11.4. The van der Waals surface area contributed by atoms with Gasteiger partial charge >= 0.3 is 11.8 Å². The van der Waals surface area contributed by atoms with E-state index in [0.29, 0.717) is 5.82 Å². The van der Waals surface area contributed by atoms with Crippen LogP contribution >= 0.6 is 0 Å². The van der Waals surface area contributed by atoms with Crippen LogP contribution in [0.15, 0.2) is 0 Å². The van der Waals surface area contributed by atoms with Crippen molar-refractivity contribution in [2.24, 2.45) is 0 Å². The van der Waals surface area contributed by atoms with E-state index in [1.54, 1.807) is 0 Å². The lowest BCUT2D eigenvalue weighted by atomic mass is 10.3. The van der Waals surface area contributed by atoms with Gasteiger partial charge in [0.2, 0.25) is 0 Å². The van der Waals surface area contributed by atoms with Crippen molar-refractivity contribution in [1.82, 2.24) is 4.57 Å². The summed E-state index contributed by atoms with van der Waals surface area (Å²) in [6.45, 7) is 12.0. The van der Waals surface area contributed by atoms with E-state index < -0.39 is 5.97 Å². The molecule has 0 aliphatic heterocycles. The first-order valence-electron chi connectivity index (χ1n) is 5.65. The molecule has 0 spiro atoms. The summed E-state index contributed by atoms with van der Waals surface area (Å²) >= 11 is 0. The van der Waals surface area contributed by atoms with Crippen LogP contribution in [0.2, 0.25) is 0 Å². The average Bonchev–Trinajstić information content (AvgIpc) is 2.39. The molecule has 90 valence electrons. The van der Waals surface area contributed by atoms with Crippen LogP contribution in [0, 0.1) is 13.8 Å². The molecule has 0 saturated heterocycles. The Morgan fingerprint density at radius 2 is 1.75 bits per heavy atom. The summed E-state index contributed by atoms with van der Waals surface area (Å²) < 4.78 is 3.77. The maximum atomic E-state index is 11.4. The summed E-state index contributed by atoms with van der Waals surface area (Å²) in [4.78, 5) is 11.4. The van der Waals surface area contributed by atoms with Crippen LogP contribution in [-0.2, 0) is 0 Å². The second-order valence-corrected chi connectivity index (χ2v) is 4.73. The molecule has 1 N–H and O–H groups in total. The van der Waals surface area contributed by atoms with E-state index >= 15 is 0 Å². The molecular formula is C12H21N2O2+. The summed E-state index contributed by atoms with van der Waals surface area (Å²) in [6, 6.07) is 0.314. The zero-order chi connectivity index (χ0) is 12.6. The first-order chi connectivity index (χ1) is 7.29. The molecule has 0 atom stereocenters. The molecule has 16 heavy (non-hydrogen) atoms. The van der Waals surface area contributed by atoms with Gasteiger partial charge in [-0.1, -0.05) is 0 Å². The highest BCUT2D eigenvalue weighted by Gasteiger charge is 2.33. The third-order valence-corrected chi connectivity index (χ3v) is 2.93. The van der Waals surface area contributed by atoms with Crippen LogP contribution in [0.4, 0.5) is 0 Å². The van der Waals surface area contributed by atoms with Crippen molar-refractivity contribution in [2.75, 3.05) is 0 Å². The molecular weight excluding hydrogens is 204 g/mol. The molecule has 1 aromatic rings. The van der Waals surface area contributed by atoms with Crippen molar-refractivity contribution in [3.8, 4) is 0 Å². The van der Waals surface area contributed by atoms with Gasteiger partial charge < -0.3 is 5.11 Å². The molecule has 0 saturated carbocycles. The van der Waals surface area contributed by atoms with Crippen molar-refractivity contribution >= 4 is 5.97 Å². The van der Waals surface area contributed by atoms with Crippen LogP contribution in [-0.4, -0.2) is 15.6 Å². The van der Waals surface area contributed by atoms with E-state index in [-0.39, 0.29) is 12.1 Å². The molecule has 0 fully saturated rings. The van der Waals surface area contributed by atoms with Gasteiger partial charge in [0.05, 0.1) is 12.1 Å². The minimum atomic E-state index is -0.862. The lowest BCUT2D eigenvalue weighted by Gasteiger charge is -2.06. The summed E-state index contributed by atoms with van der Waals surface area (Å²) in [5.41, 5.74) is 2.06. The number of imidazole rings is 1. The normalized spacial score (nSPS) is 11.5. The Balaban J connectivity index is 3.62. The van der Waals surface area contributed by atoms with Gasteiger partial charge in [-0.2, -0.15) is 0 Å². The lowest BCUT2D eigenvalue weighted by molar-refractivity contribution is -0.723. The fourth-order valence-electron chi connectivity index (χ4n) is 2.25. The molecule has 1 heterocycles. The highest BCUT2D eigenvalue weighted by Crippen LogP contribution is 2.17. The number of nitrogens with zero attached hydrogens (tertiary/aromatic N) is 2. The number of carbonyl (C=O) groups is 1. The second-order valence-electron chi connectivity index (χ2n) is 4.73. The quantitative estimate of drug-likeness (QED) is 0.802. The van der Waals surface area contributed by atoms with Gasteiger partial charge in [-0.25, -0.2) is 13.9 Å². The Morgan fingerprint density at radius 1 is 1.25 bits per heavy atom. The van der Waals surface area contributed by atoms with Gasteiger partial charge in [0.1, 0.15) is 11.4 Å². The molecule has 0 unspecified atom stereocenters. The van der Waals surface area contributed by atoms with Gasteiger partial charge in [0.15, 0.2) is 0 Å². The lowest BCUT2D eigenvalue weighted by Crippen LogP contribution is -2.44. The van der Waals surface area contributed by atoms with E-state index in [4.69, 9.17) is 0 Å². The van der Waals surface area contributed by atoms with Gasteiger partial charge in [0, 0.05) is 13.8 Å². The zero-order valence-corrected chi connectivity index (χ0v) is 10.9. The number of hydrogen-bond acceptors (Lipinski definition) is 1. The van der Waals surface area contributed by atoms with E-state index in [9.17, 15) is 9.90 Å². The van der Waals surface area contributed by atoms with Crippen molar-refractivity contribution in [2.45, 2.75) is 53.6 Å². The number of aromatic nitrogens is 2. The summed E-state index contributed by atoms with van der Waals surface area (Å²) in [5.74, 6) is -0.487. The standard InChI is InChI=1S/C12H20N2O2/c1-7(2)13-9(5)10(6)14(8(3)4)11(13)12(15)16/h7-8H,1-6H3/p+1. The molecule has 4 heteroatoms. The molecule has 0 bridgehead atoms. The topological polar surface area (TPSA) is 46.1 Å². The van der Waals surface area contributed by atoms with E-state index in [1.807, 2.05) is 50.7 Å². The Hall–Kier alpha value is -1.32. The molecule has 0 aromatic carbocycles. The van der Waals surface area contributed by atoms with Crippen molar-refractivity contribution < 1.29 is 14.5 Å². The highest BCUT2D eigenvalue weighted by molar-refractivity contribution is 5.82.